The molecule has 166 valence electrons. The van der Waals surface area contributed by atoms with E-state index >= 15 is 0 Å². The van der Waals surface area contributed by atoms with Crippen LogP contribution in [-0.2, 0) is 17.9 Å². The average molecular weight is 514 g/mol. The molecule has 1 aromatic heterocycles. The summed E-state index contributed by atoms with van der Waals surface area (Å²) >= 11 is 4.77. The van der Waals surface area contributed by atoms with Gasteiger partial charge in [-0.3, -0.25) is 9.59 Å². The van der Waals surface area contributed by atoms with E-state index in [4.69, 9.17) is 0 Å². The summed E-state index contributed by atoms with van der Waals surface area (Å²) < 4.78 is 2.67. The molecule has 9 heteroatoms. The predicted octanol–water partition coefficient (Wildman–Crippen LogP) is 4.50. The molecule has 0 spiro atoms. The van der Waals surface area contributed by atoms with Crippen LogP contribution in [0.3, 0.4) is 0 Å². The number of nitrogens with one attached hydrogen (secondary N) is 2. The third-order valence-corrected chi connectivity index (χ3v) is 6.36. The fourth-order valence-electron chi connectivity index (χ4n) is 2.91. The van der Waals surface area contributed by atoms with Crippen molar-refractivity contribution in [3.63, 3.8) is 0 Å². The van der Waals surface area contributed by atoms with E-state index in [0.717, 1.165) is 21.3 Å². The summed E-state index contributed by atoms with van der Waals surface area (Å²) in [4.78, 5) is 24.8. The van der Waals surface area contributed by atoms with Gasteiger partial charge in [-0.15, -0.1) is 16.8 Å². The molecule has 0 aliphatic carbocycles. The van der Waals surface area contributed by atoms with Gasteiger partial charge in [-0.25, -0.2) is 0 Å². The van der Waals surface area contributed by atoms with E-state index in [2.05, 4.69) is 43.3 Å². The van der Waals surface area contributed by atoms with Gasteiger partial charge in [0.1, 0.15) is 0 Å². The maximum absolute atomic E-state index is 12.5. The first-order valence-corrected chi connectivity index (χ1v) is 11.7. The van der Waals surface area contributed by atoms with Gasteiger partial charge in [-0.1, -0.05) is 36.0 Å². The van der Waals surface area contributed by atoms with Crippen LogP contribution in [0.15, 0.2) is 64.7 Å². The maximum Gasteiger partial charge on any atom is 0.251 e. The molecule has 0 aliphatic rings. The van der Waals surface area contributed by atoms with Crippen molar-refractivity contribution in [3.05, 3.63) is 82.1 Å². The smallest absolute Gasteiger partial charge is 0.251 e. The Labute approximate surface area is 199 Å². The molecule has 0 saturated heterocycles. The summed E-state index contributed by atoms with van der Waals surface area (Å²) in [7, 11) is 0. The Morgan fingerprint density at radius 2 is 1.88 bits per heavy atom. The number of aromatic nitrogens is 3. The summed E-state index contributed by atoms with van der Waals surface area (Å²) in [5.41, 5.74) is 3.55. The molecule has 1 heterocycles. The van der Waals surface area contributed by atoms with E-state index in [0.29, 0.717) is 23.1 Å². The van der Waals surface area contributed by atoms with Gasteiger partial charge in [0.2, 0.25) is 5.91 Å². The first-order valence-electron chi connectivity index (χ1n) is 9.94. The number of allylic oxidation sites excluding steroid dienone is 1. The highest BCUT2D eigenvalue weighted by atomic mass is 79.9. The second kappa shape index (κ2) is 11.1. The summed E-state index contributed by atoms with van der Waals surface area (Å²) in [6.07, 6.45) is 1.72. The van der Waals surface area contributed by atoms with Crippen LogP contribution in [0.1, 0.15) is 27.3 Å². The van der Waals surface area contributed by atoms with Crippen molar-refractivity contribution in [2.24, 2.45) is 0 Å². The Bertz CT molecular complexity index is 1130. The van der Waals surface area contributed by atoms with Crippen LogP contribution in [0.5, 0.6) is 0 Å². The van der Waals surface area contributed by atoms with Crippen molar-refractivity contribution in [2.75, 3.05) is 11.1 Å². The first kappa shape index (κ1) is 23.7. The van der Waals surface area contributed by atoms with Gasteiger partial charge in [0, 0.05) is 16.6 Å². The molecule has 2 amide bonds. The number of carbonyl (C=O) groups is 2. The van der Waals surface area contributed by atoms with Crippen molar-refractivity contribution in [2.45, 2.75) is 32.1 Å². The van der Waals surface area contributed by atoms with E-state index in [1.807, 2.05) is 48.7 Å². The average Bonchev–Trinajstić information content (AvgIpc) is 3.16. The van der Waals surface area contributed by atoms with Gasteiger partial charge < -0.3 is 15.2 Å². The fourth-order valence-corrected chi connectivity index (χ4v) is 4.24. The zero-order valence-electron chi connectivity index (χ0n) is 17.9. The third kappa shape index (κ3) is 6.08. The predicted molar refractivity (Wildman–Crippen MR) is 131 cm³/mol. The fraction of sp³-hybridized carbons (Fsp3) is 0.217. The van der Waals surface area contributed by atoms with Crippen molar-refractivity contribution < 1.29 is 9.59 Å². The van der Waals surface area contributed by atoms with Gasteiger partial charge >= 0.3 is 0 Å². The number of benzene rings is 2. The number of amides is 2. The molecule has 0 unspecified atom stereocenters. The monoisotopic (exact) mass is 513 g/mol. The second-order valence-corrected chi connectivity index (χ2v) is 8.90. The van der Waals surface area contributed by atoms with Crippen LogP contribution in [-0.4, -0.2) is 32.3 Å². The van der Waals surface area contributed by atoms with Crippen LogP contribution in [0.25, 0.3) is 0 Å². The molecule has 2 aromatic carbocycles. The lowest BCUT2D eigenvalue weighted by Gasteiger charge is -2.11. The number of hydrogen-bond donors (Lipinski definition) is 2. The maximum atomic E-state index is 12.5. The summed E-state index contributed by atoms with van der Waals surface area (Å²) in [6.45, 7) is 8.49. The van der Waals surface area contributed by atoms with Crippen molar-refractivity contribution in [1.29, 1.82) is 0 Å². The van der Waals surface area contributed by atoms with Crippen LogP contribution < -0.4 is 10.6 Å². The molecule has 0 radical (unpaired) electrons. The topological polar surface area (TPSA) is 88.9 Å². The minimum Gasteiger partial charge on any atom is -0.345 e. The molecule has 0 atom stereocenters. The Balaban J connectivity index is 1.62. The zero-order valence-corrected chi connectivity index (χ0v) is 20.3. The third-order valence-electron chi connectivity index (χ3n) is 4.74. The standard InChI is InChI=1S/C23H24BrN5O2S/c1-4-10-29-20(13-25-22(31)17-8-6-5-7-9-17)27-28-23(29)32-14-21(30)26-19-12-16(3)15(2)11-18(19)24/h4-9,11-12H,1,10,13-14H2,2-3H3,(H,25,31)(H,26,30). The van der Waals surface area contributed by atoms with Crippen LogP contribution in [0.2, 0.25) is 0 Å². The van der Waals surface area contributed by atoms with Crippen molar-refractivity contribution in [1.82, 2.24) is 20.1 Å². The quantitative estimate of drug-likeness (QED) is 0.324. The van der Waals surface area contributed by atoms with Crippen LogP contribution in [0, 0.1) is 13.8 Å². The first-order chi connectivity index (χ1) is 15.4. The van der Waals surface area contributed by atoms with E-state index in [1.165, 1.54) is 11.8 Å². The number of aryl methyl sites for hydroxylation is 2. The van der Waals surface area contributed by atoms with Gasteiger partial charge in [0.15, 0.2) is 11.0 Å². The molecule has 0 bridgehead atoms. The highest BCUT2D eigenvalue weighted by Gasteiger charge is 2.15. The largest absolute Gasteiger partial charge is 0.345 e. The number of hydrogen-bond acceptors (Lipinski definition) is 5. The van der Waals surface area contributed by atoms with Crippen LogP contribution in [0.4, 0.5) is 5.69 Å². The van der Waals surface area contributed by atoms with Gasteiger partial charge in [0.25, 0.3) is 5.91 Å². The number of anilines is 1. The van der Waals surface area contributed by atoms with Crippen molar-refractivity contribution in [3.8, 4) is 0 Å². The molecule has 3 rings (SSSR count). The van der Waals surface area contributed by atoms with E-state index in [-0.39, 0.29) is 24.1 Å². The molecular weight excluding hydrogens is 490 g/mol. The number of rotatable bonds is 9. The molecule has 7 nitrogen and oxygen atoms in total. The Hall–Kier alpha value is -2.91. The van der Waals surface area contributed by atoms with Gasteiger partial charge in [0.05, 0.1) is 18.0 Å². The number of thioether (sulfide) groups is 1. The normalized spacial score (nSPS) is 10.6. The molecule has 3 aromatic rings. The SMILES string of the molecule is C=CCn1c(CNC(=O)c2ccccc2)nnc1SCC(=O)Nc1cc(C)c(C)cc1Br. The molecule has 0 saturated carbocycles. The lowest BCUT2D eigenvalue weighted by Crippen LogP contribution is -2.24. The van der Waals surface area contributed by atoms with Crippen molar-refractivity contribution >= 4 is 45.2 Å². The molecule has 2 N–H and O–H groups in total. The molecule has 0 aliphatic heterocycles. The number of nitrogens with zero attached hydrogens (tertiary/aromatic N) is 3. The molecule has 0 fully saturated rings. The minimum absolute atomic E-state index is 0.147. The van der Waals surface area contributed by atoms with Crippen LogP contribution >= 0.6 is 27.7 Å². The Morgan fingerprint density at radius 1 is 1.16 bits per heavy atom. The number of carbonyl (C=O) groups excluding carboxylic acids is 2. The van der Waals surface area contributed by atoms with Gasteiger partial charge in [-0.2, -0.15) is 0 Å². The van der Waals surface area contributed by atoms with E-state index in [9.17, 15) is 9.59 Å². The zero-order chi connectivity index (χ0) is 23.1. The summed E-state index contributed by atoms with van der Waals surface area (Å²) in [6, 6.07) is 12.9. The Morgan fingerprint density at radius 3 is 2.59 bits per heavy atom. The lowest BCUT2D eigenvalue weighted by atomic mass is 10.1. The minimum atomic E-state index is -0.189. The molecular formula is C23H24BrN5O2S. The lowest BCUT2D eigenvalue weighted by molar-refractivity contribution is -0.113. The van der Waals surface area contributed by atoms with E-state index in [1.54, 1.807) is 18.2 Å². The molecule has 32 heavy (non-hydrogen) atoms. The summed E-state index contributed by atoms with van der Waals surface area (Å²) in [5.74, 6) is 0.428. The van der Waals surface area contributed by atoms with Gasteiger partial charge in [-0.05, 0) is 65.2 Å². The Kier molecular flexibility index (Phi) is 8.24. The highest BCUT2D eigenvalue weighted by molar-refractivity contribution is 9.10. The van der Waals surface area contributed by atoms with E-state index < -0.39 is 0 Å². The second-order valence-electron chi connectivity index (χ2n) is 7.10. The number of halogens is 1. The highest BCUT2D eigenvalue weighted by Crippen LogP contribution is 2.26. The summed E-state index contributed by atoms with van der Waals surface area (Å²) in [5, 5.41) is 14.7.